The topological polar surface area (TPSA) is 46.5 Å². The molecule has 1 unspecified atom stereocenters. The zero-order valence-electron chi connectivity index (χ0n) is 11.1. The summed E-state index contributed by atoms with van der Waals surface area (Å²) in [7, 11) is 0. The Balaban J connectivity index is 2.09. The maximum absolute atomic E-state index is 11.5. The van der Waals surface area contributed by atoms with Gasteiger partial charge in [0.25, 0.3) is 0 Å². The Hall–Kier alpha value is -1.06. The number of hydrogen-bond acceptors (Lipinski definition) is 3. The van der Waals surface area contributed by atoms with E-state index in [9.17, 15) is 9.90 Å². The van der Waals surface area contributed by atoms with Crippen molar-refractivity contribution in [3.05, 3.63) is 34.9 Å². The molecule has 19 heavy (non-hydrogen) atoms. The van der Waals surface area contributed by atoms with Gasteiger partial charge in [0.15, 0.2) is 0 Å². The molecule has 0 spiro atoms. The minimum atomic E-state index is -0.933. The monoisotopic (exact) mass is 282 g/mol. The second kappa shape index (κ2) is 5.93. The first kappa shape index (κ1) is 14.4. The van der Waals surface area contributed by atoms with E-state index < -0.39 is 5.60 Å². The Morgan fingerprint density at radius 1 is 1.42 bits per heavy atom. The average molecular weight is 283 g/mol. The highest BCUT2D eigenvalue weighted by Gasteiger charge is 2.45. The van der Waals surface area contributed by atoms with Crippen LogP contribution in [0.1, 0.15) is 38.2 Å². The Bertz CT molecular complexity index is 439. The highest BCUT2D eigenvalue weighted by Crippen LogP contribution is 2.48. The molecule has 0 aliphatic heterocycles. The van der Waals surface area contributed by atoms with Crippen LogP contribution in [0.25, 0.3) is 0 Å². The quantitative estimate of drug-likeness (QED) is 0.815. The lowest BCUT2D eigenvalue weighted by molar-refractivity contribution is -0.145. The molecule has 1 N–H and O–H groups in total. The number of rotatable bonds is 6. The Labute approximate surface area is 118 Å². The lowest BCUT2D eigenvalue weighted by atomic mass is 9.84. The molecule has 4 heteroatoms. The van der Waals surface area contributed by atoms with Crippen molar-refractivity contribution in [3.63, 3.8) is 0 Å². The molecule has 1 fully saturated rings. The summed E-state index contributed by atoms with van der Waals surface area (Å²) >= 11 is 5.87. The minimum Gasteiger partial charge on any atom is -0.466 e. The van der Waals surface area contributed by atoms with E-state index in [4.69, 9.17) is 16.3 Å². The Kier molecular flexibility index (Phi) is 4.48. The van der Waals surface area contributed by atoms with Gasteiger partial charge >= 0.3 is 5.97 Å². The molecule has 3 nitrogen and oxygen atoms in total. The first-order valence-corrected chi connectivity index (χ1v) is 7.08. The van der Waals surface area contributed by atoms with Crippen LogP contribution in [0.15, 0.2) is 24.3 Å². The molecule has 0 radical (unpaired) electrons. The zero-order chi connectivity index (χ0) is 13.9. The van der Waals surface area contributed by atoms with Crippen molar-refractivity contribution in [2.24, 2.45) is 5.92 Å². The van der Waals surface area contributed by atoms with Gasteiger partial charge < -0.3 is 9.84 Å². The summed E-state index contributed by atoms with van der Waals surface area (Å²) in [6.07, 6.45) is 2.64. The normalized spacial score (nSPS) is 17.8. The molecule has 0 heterocycles. The van der Waals surface area contributed by atoms with E-state index in [-0.39, 0.29) is 18.3 Å². The van der Waals surface area contributed by atoms with Gasteiger partial charge in [-0.25, -0.2) is 0 Å². The second-order valence-electron chi connectivity index (χ2n) is 5.01. The molecule has 1 saturated carbocycles. The van der Waals surface area contributed by atoms with Gasteiger partial charge in [-0.15, -0.1) is 0 Å². The SMILES string of the molecule is CCOC(=O)CCC(O)(c1ccc(Cl)cc1)C1CC1. The fourth-order valence-corrected chi connectivity index (χ4v) is 2.54. The third kappa shape index (κ3) is 3.48. The van der Waals surface area contributed by atoms with E-state index in [0.29, 0.717) is 18.1 Å². The summed E-state index contributed by atoms with van der Waals surface area (Å²) < 4.78 is 4.92. The zero-order valence-corrected chi connectivity index (χ0v) is 11.8. The van der Waals surface area contributed by atoms with Crippen LogP contribution < -0.4 is 0 Å². The van der Waals surface area contributed by atoms with Crippen LogP contribution in [0.2, 0.25) is 5.02 Å². The lowest BCUT2D eigenvalue weighted by Gasteiger charge is -2.28. The summed E-state index contributed by atoms with van der Waals surface area (Å²) in [5.74, 6) is -0.0151. The molecule has 2 rings (SSSR count). The van der Waals surface area contributed by atoms with Crippen molar-refractivity contribution in [2.45, 2.75) is 38.2 Å². The third-order valence-electron chi connectivity index (χ3n) is 3.61. The summed E-state index contributed by atoms with van der Waals surface area (Å²) in [6, 6.07) is 7.22. The molecular weight excluding hydrogens is 264 g/mol. The van der Waals surface area contributed by atoms with Gasteiger partial charge in [-0.1, -0.05) is 23.7 Å². The number of carbonyl (C=O) groups excluding carboxylic acids is 1. The lowest BCUT2D eigenvalue weighted by Crippen LogP contribution is -2.29. The number of halogens is 1. The first-order chi connectivity index (χ1) is 9.06. The van der Waals surface area contributed by atoms with Crippen molar-refractivity contribution < 1.29 is 14.6 Å². The average Bonchev–Trinajstić information content (AvgIpc) is 3.22. The van der Waals surface area contributed by atoms with Gasteiger partial charge in [0.2, 0.25) is 0 Å². The van der Waals surface area contributed by atoms with Crippen LogP contribution in [-0.2, 0) is 15.1 Å². The second-order valence-corrected chi connectivity index (χ2v) is 5.45. The highest BCUT2D eigenvalue weighted by atomic mass is 35.5. The third-order valence-corrected chi connectivity index (χ3v) is 3.86. The van der Waals surface area contributed by atoms with E-state index >= 15 is 0 Å². The van der Waals surface area contributed by atoms with Crippen molar-refractivity contribution in [2.75, 3.05) is 6.61 Å². The molecule has 1 aliphatic rings. The van der Waals surface area contributed by atoms with Crippen LogP contribution in [0.4, 0.5) is 0 Å². The van der Waals surface area contributed by atoms with E-state index in [0.717, 1.165) is 18.4 Å². The molecule has 1 aromatic carbocycles. The largest absolute Gasteiger partial charge is 0.466 e. The summed E-state index contributed by atoms with van der Waals surface area (Å²) in [6.45, 7) is 2.16. The van der Waals surface area contributed by atoms with Gasteiger partial charge in [0, 0.05) is 11.4 Å². The molecule has 1 atom stereocenters. The van der Waals surface area contributed by atoms with Crippen LogP contribution in [0.5, 0.6) is 0 Å². The maximum atomic E-state index is 11.5. The Morgan fingerprint density at radius 2 is 2.05 bits per heavy atom. The van der Waals surface area contributed by atoms with E-state index in [1.165, 1.54) is 0 Å². The number of esters is 1. The number of ether oxygens (including phenoxy) is 1. The van der Waals surface area contributed by atoms with Crippen LogP contribution >= 0.6 is 11.6 Å². The molecule has 104 valence electrons. The van der Waals surface area contributed by atoms with Crippen molar-refractivity contribution in [1.29, 1.82) is 0 Å². The van der Waals surface area contributed by atoms with Gasteiger partial charge in [-0.3, -0.25) is 4.79 Å². The molecule has 1 aromatic rings. The van der Waals surface area contributed by atoms with Gasteiger partial charge in [-0.2, -0.15) is 0 Å². The van der Waals surface area contributed by atoms with Crippen molar-refractivity contribution in [1.82, 2.24) is 0 Å². The van der Waals surface area contributed by atoms with Crippen LogP contribution in [-0.4, -0.2) is 17.7 Å². The first-order valence-electron chi connectivity index (χ1n) is 6.70. The number of hydrogen-bond donors (Lipinski definition) is 1. The fraction of sp³-hybridized carbons (Fsp3) is 0.533. The van der Waals surface area contributed by atoms with Gasteiger partial charge in [-0.05, 0) is 49.8 Å². The van der Waals surface area contributed by atoms with Gasteiger partial charge in [0.05, 0.1) is 12.2 Å². The van der Waals surface area contributed by atoms with E-state index in [1.54, 1.807) is 19.1 Å². The number of benzene rings is 1. The summed E-state index contributed by atoms with van der Waals surface area (Å²) in [5.41, 5.74) is -0.0964. The van der Waals surface area contributed by atoms with Crippen LogP contribution in [0, 0.1) is 5.92 Å². The van der Waals surface area contributed by atoms with E-state index in [1.807, 2.05) is 12.1 Å². The molecule has 0 amide bonds. The van der Waals surface area contributed by atoms with Crippen molar-refractivity contribution in [3.8, 4) is 0 Å². The fourth-order valence-electron chi connectivity index (χ4n) is 2.41. The standard InChI is InChI=1S/C15H19ClO3/c1-2-19-14(17)9-10-15(18,11-3-4-11)12-5-7-13(16)8-6-12/h5-8,11,18H,2-4,9-10H2,1H3. The number of carbonyl (C=O) groups is 1. The minimum absolute atomic E-state index is 0.239. The summed E-state index contributed by atoms with van der Waals surface area (Å²) in [4.78, 5) is 11.5. The molecule has 0 saturated heterocycles. The molecule has 0 bridgehead atoms. The number of aliphatic hydroxyl groups is 1. The highest BCUT2D eigenvalue weighted by molar-refractivity contribution is 6.30. The van der Waals surface area contributed by atoms with Crippen molar-refractivity contribution >= 4 is 17.6 Å². The molecule has 0 aromatic heterocycles. The predicted molar refractivity (Wildman–Crippen MR) is 73.9 cm³/mol. The van der Waals surface area contributed by atoms with Crippen LogP contribution in [0.3, 0.4) is 0 Å². The molecule has 1 aliphatic carbocycles. The van der Waals surface area contributed by atoms with E-state index in [2.05, 4.69) is 0 Å². The Morgan fingerprint density at radius 3 is 2.58 bits per heavy atom. The van der Waals surface area contributed by atoms with Gasteiger partial charge in [0.1, 0.15) is 0 Å². The molecular formula is C15H19ClO3. The maximum Gasteiger partial charge on any atom is 0.305 e. The predicted octanol–water partition coefficient (Wildman–Crippen LogP) is 3.28. The smallest absolute Gasteiger partial charge is 0.305 e. The summed E-state index contributed by atoms with van der Waals surface area (Å²) in [5, 5.41) is 11.5.